The maximum Gasteiger partial charge on any atom is 0.253 e. The van der Waals surface area contributed by atoms with Gasteiger partial charge in [-0.1, -0.05) is 41.4 Å². The summed E-state index contributed by atoms with van der Waals surface area (Å²) in [5, 5.41) is 13.6. The Morgan fingerprint density at radius 3 is 2.65 bits per heavy atom. The number of halogens is 2. The summed E-state index contributed by atoms with van der Waals surface area (Å²) < 4.78 is 5.41. The van der Waals surface area contributed by atoms with E-state index in [9.17, 15) is 10.1 Å². The quantitative estimate of drug-likeness (QED) is 0.794. The van der Waals surface area contributed by atoms with Crippen molar-refractivity contribution in [3.63, 3.8) is 0 Å². The van der Waals surface area contributed by atoms with Crippen molar-refractivity contribution in [1.29, 1.82) is 5.26 Å². The molecule has 4 nitrogen and oxygen atoms in total. The minimum absolute atomic E-state index is 0.163. The largest absolute Gasteiger partial charge is 0.368 e. The lowest BCUT2D eigenvalue weighted by atomic mass is 9.91. The van der Waals surface area contributed by atoms with E-state index in [4.69, 9.17) is 27.9 Å². The number of rotatable bonds is 4. The van der Waals surface area contributed by atoms with E-state index in [1.807, 2.05) is 25.1 Å². The van der Waals surface area contributed by atoms with Gasteiger partial charge >= 0.3 is 0 Å². The molecule has 2 aromatic carbocycles. The number of amides is 1. The summed E-state index contributed by atoms with van der Waals surface area (Å²) in [6, 6.07) is 13.0. The third-order valence-corrected chi connectivity index (χ3v) is 5.05. The van der Waals surface area contributed by atoms with Crippen LogP contribution < -0.4 is 5.32 Å². The van der Waals surface area contributed by atoms with Gasteiger partial charge in [0, 0.05) is 22.3 Å². The summed E-state index contributed by atoms with van der Waals surface area (Å²) in [4.78, 5) is 12.3. The molecule has 1 N–H and O–H groups in total. The first-order chi connectivity index (χ1) is 12.5. The molecular weight excluding hydrogens is 371 g/mol. The molecule has 0 saturated carbocycles. The molecular formula is C20H18Cl2N2O2. The summed E-state index contributed by atoms with van der Waals surface area (Å²) in [5.41, 5.74) is 2.98. The fourth-order valence-electron chi connectivity index (χ4n) is 3.04. The highest BCUT2D eigenvalue weighted by Gasteiger charge is 2.25. The number of nitrogens with one attached hydrogen (secondary N) is 1. The van der Waals surface area contributed by atoms with Crippen LogP contribution in [-0.2, 0) is 9.53 Å². The zero-order valence-electron chi connectivity index (χ0n) is 14.3. The third kappa shape index (κ3) is 4.02. The molecule has 0 bridgehead atoms. The van der Waals surface area contributed by atoms with E-state index in [2.05, 4.69) is 11.4 Å². The Hall–Kier alpha value is -2.06. The number of carbonyl (C=O) groups is 1. The summed E-state index contributed by atoms with van der Waals surface area (Å²) in [6.07, 6.45) is 1.21. The van der Waals surface area contributed by atoms with Gasteiger partial charge < -0.3 is 10.1 Å². The highest BCUT2D eigenvalue weighted by atomic mass is 35.5. The van der Waals surface area contributed by atoms with Gasteiger partial charge in [-0.05, 0) is 54.7 Å². The van der Waals surface area contributed by atoms with E-state index in [1.54, 1.807) is 18.2 Å². The van der Waals surface area contributed by atoms with Crippen LogP contribution in [0.5, 0.6) is 0 Å². The molecule has 0 spiro atoms. The maximum absolute atomic E-state index is 12.3. The zero-order chi connectivity index (χ0) is 18.7. The molecule has 1 fully saturated rings. The smallest absolute Gasteiger partial charge is 0.253 e. The molecule has 2 atom stereocenters. The maximum atomic E-state index is 12.3. The fourth-order valence-corrected chi connectivity index (χ4v) is 3.44. The molecule has 1 aliphatic rings. The lowest BCUT2D eigenvalue weighted by molar-refractivity contribution is -0.124. The van der Waals surface area contributed by atoms with Crippen molar-refractivity contribution in [3.8, 4) is 6.07 Å². The van der Waals surface area contributed by atoms with E-state index < -0.39 is 12.0 Å². The second kappa shape index (κ2) is 8.09. The molecule has 0 aromatic heterocycles. The first kappa shape index (κ1) is 18.7. The number of aryl methyl sites for hydroxylation is 1. The van der Waals surface area contributed by atoms with Gasteiger partial charge in [-0.2, -0.15) is 5.26 Å². The van der Waals surface area contributed by atoms with Crippen LogP contribution in [0.3, 0.4) is 0 Å². The Morgan fingerprint density at radius 1 is 1.31 bits per heavy atom. The Labute approximate surface area is 162 Å². The average Bonchev–Trinajstić information content (AvgIpc) is 3.16. The SMILES string of the molecule is Cc1cc(C(C#N)c2ccc(Cl)cc2)c(Cl)cc1NC(=O)C1CCCO1. The highest BCUT2D eigenvalue weighted by molar-refractivity contribution is 6.32. The van der Waals surface area contributed by atoms with Crippen molar-refractivity contribution in [2.24, 2.45) is 0 Å². The van der Waals surface area contributed by atoms with Crippen molar-refractivity contribution in [2.45, 2.75) is 31.8 Å². The van der Waals surface area contributed by atoms with Gasteiger partial charge in [-0.3, -0.25) is 4.79 Å². The van der Waals surface area contributed by atoms with Crippen LogP contribution >= 0.6 is 23.2 Å². The standard InChI is InChI=1S/C20H18Cl2N2O2/c1-12-9-15(16(11-23)13-4-6-14(21)7-5-13)17(22)10-18(12)24-20(25)19-3-2-8-26-19/h4-7,9-10,16,19H,2-3,8H2,1H3,(H,24,25). The van der Waals surface area contributed by atoms with Crippen LogP contribution in [0, 0.1) is 18.3 Å². The topological polar surface area (TPSA) is 62.1 Å². The molecule has 3 rings (SSSR count). The molecule has 0 radical (unpaired) electrons. The number of benzene rings is 2. The van der Waals surface area contributed by atoms with Crippen LogP contribution in [0.1, 0.15) is 35.4 Å². The summed E-state index contributed by atoms with van der Waals surface area (Å²) in [6.45, 7) is 2.49. The predicted octanol–water partition coefficient (Wildman–Crippen LogP) is 5.07. The van der Waals surface area contributed by atoms with E-state index in [0.717, 1.165) is 24.0 Å². The lowest BCUT2D eigenvalue weighted by Crippen LogP contribution is -2.27. The van der Waals surface area contributed by atoms with Gasteiger partial charge in [0.2, 0.25) is 0 Å². The number of nitriles is 1. The van der Waals surface area contributed by atoms with Crippen LogP contribution in [-0.4, -0.2) is 18.6 Å². The molecule has 2 aromatic rings. The Balaban J connectivity index is 1.87. The molecule has 2 unspecified atom stereocenters. The van der Waals surface area contributed by atoms with Crippen molar-refractivity contribution < 1.29 is 9.53 Å². The van der Waals surface area contributed by atoms with Crippen molar-refractivity contribution >= 4 is 34.8 Å². The van der Waals surface area contributed by atoms with Crippen molar-refractivity contribution in [1.82, 2.24) is 0 Å². The van der Waals surface area contributed by atoms with E-state index in [1.165, 1.54) is 0 Å². The summed E-state index contributed by atoms with van der Waals surface area (Å²) in [5.74, 6) is -0.676. The second-order valence-electron chi connectivity index (χ2n) is 6.29. The second-order valence-corrected chi connectivity index (χ2v) is 7.14. The number of carbonyl (C=O) groups excluding carboxylic acids is 1. The number of hydrogen-bond donors (Lipinski definition) is 1. The molecule has 26 heavy (non-hydrogen) atoms. The number of anilines is 1. The highest BCUT2D eigenvalue weighted by Crippen LogP contribution is 2.34. The first-order valence-corrected chi connectivity index (χ1v) is 9.13. The summed E-state index contributed by atoms with van der Waals surface area (Å²) in [7, 11) is 0. The van der Waals surface area contributed by atoms with Gasteiger partial charge in [-0.15, -0.1) is 0 Å². The normalized spacial score (nSPS) is 17.5. The molecule has 0 aliphatic carbocycles. The Morgan fingerprint density at radius 2 is 2.04 bits per heavy atom. The van der Waals surface area contributed by atoms with Gasteiger partial charge in [0.1, 0.15) is 6.10 Å². The van der Waals surface area contributed by atoms with E-state index in [-0.39, 0.29) is 5.91 Å². The predicted molar refractivity (Wildman–Crippen MR) is 103 cm³/mol. The van der Waals surface area contributed by atoms with Crippen molar-refractivity contribution in [2.75, 3.05) is 11.9 Å². The number of hydrogen-bond acceptors (Lipinski definition) is 3. The fraction of sp³-hybridized carbons (Fsp3) is 0.300. The van der Waals surface area contributed by atoms with Crippen LogP contribution in [0.15, 0.2) is 36.4 Å². The van der Waals surface area contributed by atoms with Crippen LogP contribution in [0.4, 0.5) is 5.69 Å². The molecule has 1 saturated heterocycles. The van der Waals surface area contributed by atoms with Crippen LogP contribution in [0.25, 0.3) is 0 Å². The first-order valence-electron chi connectivity index (χ1n) is 8.37. The number of ether oxygens (including phenoxy) is 1. The Bertz CT molecular complexity index is 853. The van der Waals surface area contributed by atoms with E-state index >= 15 is 0 Å². The van der Waals surface area contributed by atoms with Gasteiger partial charge in [-0.25, -0.2) is 0 Å². The monoisotopic (exact) mass is 388 g/mol. The number of nitrogens with zero attached hydrogens (tertiary/aromatic N) is 1. The lowest BCUT2D eigenvalue weighted by Gasteiger charge is -2.17. The molecule has 134 valence electrons. The molecule has 1 amide bonds. The average molecular weight is 389 g/mol. The van der Waals surface area contributed by atoms with Crippen molar-refractivity contribution in [3.05, 3.63) is 63.1 Å². The molecule has 1 heterocycles. The summed E-state index contributed by atoms with van der Waals surface area (Å²) >= 11 is 12.4. The third-order valence-electron chi connectivity index (χ3n) is 4.47. The minimum atomic E-state index is -0.513. The van der Waals surface area contributed by atoms with Gasteiger partial charge in [0.15, 0.2) is 0 Å². The van der Waals surface area contributed by atoms with Gasteiger partial charge in [0.05, 0.1) is 12.0 Å². The molecule has 1 aliphatic heterocycles. The van der Waals surface area contributed by atoms with Gasteiger partial charge in [0.25, 0.3) is 5.91 Å². The van der Waals surface area contributed by atoms with Crippen LogP contribution in [0.2, 0.25) is 10.0 Å². The molecule has 6 heteroatoms. The Kier molecular flexibility index (Phi) is 5.83. The zero-order valence-corrected chi connectivity index (χ0v) is 15.8. The van der Waals surface area contributed by atoms with E-state index in [0.29, 0.717) is 27.9 Å². The minimum Gasteiger partial charge on any atom is -0.368 e.